The summed E-state index contributed by atoms with van der Waals surface area (Å²) in [5.74, 6) is 1.23. The summed E-state index contributed by atoms with van der Waals surface area (Å²) in [5.41, 5.74) is 0. The average Bonchev–Trinajstić information content (AvgIpc) is 2.33. The molecule has 0 bridgehead atoms. The maximum Gasteiger partial charge on any atom is 0.257 e. The van der Waals surface area contributed by atoms with Gasteiger partial charge in [-0.3, -0.25) is 0 Å². The van der Waals surface area contributed by atoms with Gasteiger partial charge >= 0.3 is 0 Å². The summed E-state index contributed by atoms with van der Waals surface area (Å²) < 4.78 is 29.1. The van der Waals surface area contributed by atoms with Gasteiger partial charge in [0.05, 0.1) is 17.1 Å². The van der Waals surface area contributed by atoms with Crippen LogP contribution in [0.1, 0.15) is 20.8 Å². The summed E-state index contributed by atoms with van der Waals surface area (Å²) >= 11 is 0. The monoisotopic (exact) mass is 285 g/mol. The van der Waals surface area contributed by atoms with Gasteiger partial charge in [0.2, 0.25) is 0 Å². The molecular formula is C12H19N3O3S. The SMILES string of the molecule is CC(C)Oc1nccnc1N1CCS(=O)(=O)C(C)C1. The first-order valence-corrected chi connectivity index (χ1v) is 8.06. The molecule has 1 fully saturated rings. The lowest BCUT2D eigenvalue weighted by atomic mass is 10.3. The lowest BCUT2D eigenvalue weighted by Gasteiger charge is -2.32. The fourth-order valence-corrected chi connectivity index (χ4v) is 3.27. The van der Waals surface area contributed by atoms with E-state index >= 15 is 0 Å². The molecule has 6 nitrogen and oxygen atoms in total. The summed E-state index contributed by atoms with van der Waals surface area (Å²) in [4.78, 5) is 10.4. The third-order valence-corrected chi connectivity index (χ3v) is 5.16. The zero-order valence-electron chi connectivity index (χ0n) is 11.4. The van der Waals surface area contributed by atoms with E-state index in [2.05, 4.69) is 9.97 Å². The van der Waals surface area contributed by atoms with Gasteiger partial charge in [-0.15, -0.1) is 0 Å². The number of hydrogen-bond acceptors (Lipinski definition) is 6. The molecule has 1 saturated heterocycles. The van der Waals surface area contributed by atoms with Crippen LogP contribution >= 0.6 is 0 Å². The Balaban J connectivity index is 2.23. The smallest absolute Gasteiger partial charge is 0.257 e. The minimum absolute atomic E-state index is 0.00129. The lowest BCUT2D eigenvalue weighted by Crippen LogP contribution is -2.46. The maximum absolute atomic E-state index is 11.7. The Labute approximate surface area is 113 Å². The van der Waals surface area contributed by atoms with E-state index in [4.69, 9.17) is 4.74 Å². The Morgan fingerprint density at radius 1 is 1.37 bits per heavy atom. The molecule has 1 aromatic rings. The molecule has 1 aromatic heterocycles. The highest BCUT2D eigenvalue weighted by atomic mass is 32.2. The summed E-state index contributed by atoms with van der Waals surface area (Å²) in [6.45, 7) is 6.42. The molecule has 0 saturated carbocycles. The van der Waals surface area contributed by atoms with Crippen LogP contribution in [0.3, 0.4) is 0 Å². The first-order valence-electron chi connectivity index (χ1n) is 6.34. The van der Waals surface area contributed by atoms with Crippen molar-refractivity contribution in [2.24, 2.45) is 0 Å². The second kappa shape index (κ2) is 5.32. The molecule has 106 valence electrons. The van der Waals surface area contributed by atoms with Gasteiger partial charge in [0.1, 0.15) is 0 Å². The number of nitrogens with zero attached hydrogens (tertiary/aromatic N) is 3. The second-order valence-corrected chi connectivity index (χ2v) is 7.51. The largest absolute Gasteiger partial charge is 0.472 e. The number of ether oxygens (including phenoxy) is 1. The van der Waals surface area contributed by atoms with Crippen LogP contribution in [0.15, 0.2) is 12.4 Å². The number of hydrogen-bond donors (Lipinski definition) is 0. The molecule has 0 aliphatic carbocycles. The molecular weight excluding hydrogens is 266 g/mol. The van der Waals surface area contributed by atoms with Crippen molar-refractivity contribution < 1.29 is 13.2 Å². The number of aromatic nitrogens is 2. The van der Waals surface area contributed by atoms with E-state index in [0.29, 0.717) is 24.8 Å². The Morgan fingerprint density at radius 3 is 2.68 bits per heavy atom. The molecule has 2 rings (SSSR count). The lowest BCUT2D eigenvalue weighted by molar-refractivity contribution is 0.232. The van der Waals surface area contributed by atoms with E-state index in [1.165, 1.54) is 0 Å². The molecule has 0 spiro atoms. The van der Waals surface area contributed by atoms with Crippen LogP contribution in [0, 0.1) is 0 Å². The highest BCUT2D eigenvalue weighted by Crippen LogP contribution is 2.26. The van der Waals surface area contributed by atoms with Crippen LogP contribution in [0.2, 0.25) is 0 Å². The molecule has 1 aliphatic heterocycles. The van der Waals surface area contributed by atoms with Crippen LogP contribution in [0.4, 0.5) is 5.82 Å². The summed E-state index contributed by atoms with van der Waals surface area (Å²) in [6, 6.07) is 0. The maximum atomic E-state index is 11.7. The van der Waals surface area contributed by atoms with Crippen molar-refractivity contribution in [2.45, 2.75) is 32.1 Å². The molecule has 7 heteroatoms. The molecule has 1 unspecified atom stereocenters. The van der Waals surface area contributed by atoms with Gasteiger partial charge < -0.3 is 9.64 Å². The Kier molecular flexibility index (Phi) is 3.93. The van der Waals surface area contributed by atoms with Crippen LogP contribution in [0.5, 0.6) is 5.88 Å². The zero-order chi connectivity index (χ0) is 14.0. The van der Waals surface area contributed by atoms with Crippen molar-refractivity contribution in [1.82, 2.24) is 9.97 Å². The molecule has 1 aliphatic rings. The van der Waals surface area contributed by atoms with Crippen molar-refractivity contribution in [1.29, 1.82) is 0 Å². The first-order chi connectivity index (χ1) is 8.90. The number of rotatable bonds is 3. The molecule has 2 heterocycles. The Morgan fingerprint density at radius 2 is 2.05 bits per heavy atom. The Bertz CT molecular complexity index is 545. The molecule has 1 atom stereocenters. The predicted octanol–water partition coefficient (Wildman–Crippen LogP) is 0.887. The molecule has 19 heavy (non-hydrogen) atoms. The van der Waals surface area contributed by atoms with Crippen molar-refractivity contribution in [3.63, 3.8) is 0 Å². The number of sulfone groups is 1. The highest BCUT2D eigenvalue weighted by Gasteiger charge is 2.31. The van der Waals surface area contributed by atoms with Crippen molar-refractivity contribution in [3.8, 4) is 5.88 Å². The van der Waals surface area contributed by atoms with Crippen LogP contribution in [-0.2, 0) is 9.84 Å². The van der Waals surface area contributed by atoms with Crippen molar-refractivity contribution in [2.75, 3.05) is 23.7 Å². The van der Waals surface area contributed by atoms with Crippen LogP contribution < -0.4 is 9.64 Å². The third-order valence-electron chi connectivity index (χ3n) is 3.03. The Hall–Kier alpha value is -1.37. The van der Waals surface area contributed by atoms with Gasteiger partial charge in [0.15, 0.2) is 15.7 Å². The van der Waals surface area contributed by atoms with E-state index < -0.39 is 15.1 Å². The number of anilines is 1. The summed E-state index contributed by atoms with van der Waals surface area (Å²) in [6.07, 6.45) is 3.17. The van der Waals surface area contributed by atoms with Gasteiger partial charge in [-0.2, -0.15) is 0 Å². The quantitative estimate of drug-likeness (QED) is 0.821. The van der Waals surface area contributed by atoms with Gasteiger partial charge in [-0.05, 0) is 20.8 Å². The topological polar surface area (TPSA) is 72.4 Å². The van der Waals surface area contributed by atoms with E-state index in [9.17, 15) is 8.42 Å². The third kappa shape index (κ3) is 3.15. The van der Waals surface area contributed by atoms with Crippen molar-refractivity contribution in [3.05, 3.63) is 12.4 Å². The highest BCUT2D eigenvalue weighted by molar-refractivity contribution is 7.92. The second-order valence-electron chi connectivity index (χ2n) is 4.98. The van der Waals surface area contributed by atoms with Gasteiger partial charge in [0, 0.05) is 25.5 Å². The van der Waals surface area contributed by atoms with E-state index in [1.807, 2.05) is 18.7 Å². The predicted molar refractivity (Wildman–Crippen MR) is 73.3 cm³/mol. The molecule has 0 N–H and O–H groups in total. The van der Waals surface area contributed by atoms with Crippen molar-refractivity contribution >= 4 is 15.7 Å². The zero-order valence-corrected chi connectivity index (χ0v) is 12.2. The molecule has 0 aromatic carbocycles. The fourth-order valence-electron chi connectivity index (χ4n) is 1.99. The van der Waals surface area contributed by atoms with Gasteiger partial charge in [-0.25, -0.2) is 18.4 Å². The van der Waals surface area contributed by atoms with Gasteiger partial charge in [-0.1, -0.05) is 0 Å². The van der Waals surface area contributed by atoms with E-state index in [0.717, 1.165) is 0 Å². The summed E-state index contributed by atoms with van der Waals surface area (Å²) in [7, 11) is -2.97. The molecule has 0 amide bonds. The summed E-state index contributed by atoms with van der Waals surface area (Å²) in [5, 5.41) is -0.393. The van der Waals surface area contributed by atoms with Gasteiger partial charge in [0.25, 0.3) is 5.88 Å². The minimum atomic E-state index is -2.97. The van der Waals surface area contributed by atoms with Crippen LogP contribution in [-0.4, -0.2) is 48.6 Å². The molecule has 0 radical (unpaired) electrons. The fraction of sp³-hybridized carbons (Fsp3) is 0.667. The van der Waals surface area contributed by atoms with E-state index in [1.54, 1.807) is 19.3 Å². The van der Waals surface area contributed by atoms with E-state index in [-0.39, 0.29) is 11.9 Å². The first kappa shape index (κ1) is 14.0. The average molecular weight is 285 g/mol. The standard InChI is InChI=1S/C12H19N3O3S/c1-9(2)18-12-11(13-4-5-14-12)15-6-7-19(16,17)10(3)8-15/h4-5,9-10H,6-8H2,1-3H3. The minimum Gasteiger partial charge on any atom is -0.472 e. The normalized spacial score (nSPS) is 22.5. The van der Waals surface area contributed by atoms with Crippen LogP contribution in [0.25, 0.3) is 0 Å².